The molecule has 0 aromatic rings. The highest BCUT2D eigenvalue weighted by atomic mass is 16.6. The van der Waals surface area contributed by atoms with Crippen LogP contribution in [-0.2, 0) is 28.6 Å². The van der Waals surface area contributed by atoms with Crippen molar-refractivity contribution in [3.05, 3.63) is 60.8 Å². The topological polar surface area (TPSA) is 78.9 Å². The van der Waals surface area contributed by atoms with Crippen molar-refractivity contribution < 1.29 is 28.6 Å². The monoisotopic (exact) mass is 1120 g/mol. The van der Waals surface area contributed by atoms with Gasteiger partial charge < -0.3 is 14.2 Å². The van der Waals surface area contributed by atoms with Crippen molar-refractivity contribution in [2.24, 2.45) is 0 Å². The zero-order valence-corrected chi connectivity index (χ0v) is 53.6. The third-order valence-corrected chi connectivity index (χ3v) is 15.7. The smallest absolute Gasteiger partial charge is 0.306 e. The summed E-state index contributed by atoms with van der Waals surface area (Å²) in [5, 5.41) is 0. The van der Waals surface area contributed by atoms with E-state index in [0.29, 0.717) is 19.3 Å². The van der Waals surface area contributed by atoms with Gasteiger partial charge in [0.05, 0.1) is 0 Å². The van der Waals surface area contributed by atoms with E-state index in [-0.39, 0.29) is 31.1 Å². The Morgan fingerprint density at radius 1 is 0.250 bits per heavy atom. The first-order chi connectivity index (χ1) is 39.5. The largest absolute Gasteiger partial charge is 0.462 e. The van der Waals surface area contributed by atoms with Crippen LogP contribution in [0.1, 0.15) is 374 Å². The van der Waals surface area contributed by atoms with Gasteiger partial charge in [0.2, 0.25) is 0 Å². The lowest BCUT2D eigenvalue weighted by Gasteiger charge is -2.18. The number of allylic oxidation sites excluding steroid dienone is 10. The van der Waals surface area contributed by atoms with Crippen LogP contribution in [0.2, 0.25) is 0 Å². The minimum atomic E-state index is -0.782. The number of esters is 3. The molecule has 6 nitrogen and oxygen atoms in total. The van der Waals surface area contributed by atoms with Gasteiger partial charge in [0.15, 0.2) is 6.10 Å². The van der Waals surface area contributed by atoms with Gasteiger partial charge in [0.1, 0.15) is 13.2 Å². The predicted octanol–water partition coefficient (Wildman–Crippen LogP) is 24.3. The molecule has 0 heterocycles. The van der Waals surface area contributed by atoms with Crippen molar-refractivity contribution >= 4 is 17.9 Å². The van der Waals surface area contributed by atoms with Crippen LogP contribution in [0.25, 0.3) is 0 Å². The molecular weight excluding hydrogens is 985 g/mol. The molecule has 0 N–H and O–H groups in total. The van der Waals surface area contributed by atoms with Gasteiger partial charge in [-0.2, -0.15) is 0 Å². The molecule has 1 atom stereocenters. The first-order valence-corrected chi connectivity index (χ1v) is 35.3. The van der Waals surface area contributed by atoms with Crippen molar-refractivity contribution in [3.63, 3.8) is 0 Å². The van der Waals surface area contributed by atoms with Crippen molar-refractivity contribution in [2.75, 3.05) is 13.2 Å². The maximum atomic E-state index is 12.9. The summed E-state index contributed by atoms with van der Waals surface area (Å²) < 4.78 is 17.0. The normalized spacial score (nSPS) is 12.4. The highest BCUT2D eigenvalue weighted by Gasteiger charge is 2.19. The quantitative estimate of drug-likeness (QED) is 0.0261. The molecule has 0 aliphatic carbocycles. The molecule has 0 amide bonds. The Morgan fingerprint density at radius 2 is 0.463 bits per heavy atom. The van der Waals surface area contributed by atoms with Gasteiger partial charge in [0.25, 0.3) is 0 Å². The molecule has 0 aliphatic rings. The average molecular weight is 1120 g/mol. The second-order valence-corrected chi connectivity index (χ2v) is 23.8. The van der Waals surface area contributed by atoms with Crippen LogP contribution in [0.3, 0.4) is 0 Å². The van der Waals surface area contributed by atoms with E-state index in [1.807, 2.05) is 0 Å². The number of ether oxygens (including phenoxy) is 3. The molecule has 466 valence electrons. The molecule has 0 aromatic carbocycles. The molecule has 0 radical (unpaired) electrons. The second-order valence-electron chi connectivity index (χ2n) is 23.8. The van der Waals surface area contributed by atoms with E-state index in [2.05, 4.69) is 81.5 Å². The van der Waals surface area contributed by atoms with Gasteiger partial charge in [-0.15, -0.1) is 0 Å². The Morgan fingerprint density at radius 3 is 0.738 bits per heavy atom. The fourth-order valence-electron chi connectivity index (χ4n) is 10.4. The predicted molar refractivity (Wildman–Crippen MR) is 348 cm³/mol. The summed E-state index contributed by atoms with van der Waals surface area (Å²) in [6.45, 7) is 6.63. The van der Waals surface area contributed by atoms with Gasteiger partial charge in [-0.05, 0) is 103 Å². The summed E-state index contributed by atoms with van der Waals surface area (Å²) in [5.74, 6) is -0.872. The van der Waals surface area contributed by atoms with E-state index in [9.17, 15) is 14.4 Å². The molecule has 0 fully saturated rings. The summed E-state index contributed by atoms with van der Waals surface area (Å²) >= 11 is 0. The lowest BCUT2D eigenvalue weighted by atomic mass is 10.0. The number of unbranched alkanes of at least 4 members (excludes halogenated alkanes) is 44. The van der Waals surface area contributed by atoms with Crippen LogP contribution in [0.15, 0.2) is 60.8 Å². The molecule has 0 saturated heterocycles. The van der Waals surface area contributed by atoms with E-state index in [4.69, 9.17) is 14.2 Å². The summed E-state index contributed by atoms with van der Waals surface area (Å²) in [6, 6.07) is 0. The highest BCUT2D eigenvalue weighted by molar-refractivity contribution is 5.71. The highest BCUT2D eigenvalue weighted by Crippen LogP contribution is 2.18. The van der Waals surface area contributed by atoms with Crippen LogP contribution in [0.4, 0.5) is 0 Å². The number of carbonyl (C=O) groups excluding carboxylic acids is 3. The fourth-order valence-corrected chi connectivity index (χ4v) is 10.4. The van der Waals surface area contributed by atoms with Gasteiger partial charge in [0, 0.05) is 19.3 Å². The average Bonchev–Trinajstić information content (AvgIpc) is 3.46. The number of hydrogen-bond acceptors (Lipinski definition) is 6. The van der Waals surface area contributed by atoms with Crippen LogP contribution in [0, 0.1) is 0 Å². The number of carbonyl (C=O) groups is 3. The minimum absolute atomic E-state index is 0.0767. The molecule has 80 heavy (non-hydrogen) atoms. The molecular formula is C74H134O6. The minimum Gasteiger partial charge on any atom is -0.462 e. The molecule has 0 aliphatic heterocycles. The third-order valence-electron chi connectivity index (χ3n) is 15.7. The number of hydrogen-bond donors (Lipinski definition) is 0. The zero-order chi connectivity index (χ0) is 57.8. The first-order valence-electron chi connectivity index (χ1n) is 35.3. The zero-order valence-electron chi connectivity index (χ0n) is 53.6. The molecule has 0 rings (SSSR count). The first kappa shape index (κ1) is 77.1. The van der Waals surface area contributed by atoms with Crippen molar-refractivity contribution in [1.29, 1.82) is 0 Å². The van der Waals surface area contributed by atoms with E-state index >= 15 is 0 Å². The van der Waals surface area contributed by atoms with Crippen LogP contribution < -0.4 is 0 Å². The molecule has 0 aromatic heterocycles. The van der Waals surface area contributed by atoms with Gasteiger partial charge >= 0.3 is 17.9 Å². The lowest BCUT2D eigenvalue weighted by Crippen LogP contribution is -2.30. The van der Waals surface area contributed by atoms with Crippen LogP contribution in [-0.4, -0.2) is 37.2 Å². The Bertz CT molecular complexity index is 1430. The summed E-state index contributed by atoms with van der Waals surface area (Å²) in [6.07, 6.45) is 88.2. The molecule has 0 saturated carbocycles. The van der Waals surface area contributed by atoms with Crippen molar-refractivity contribution in [3.8, 4) is 0 Å². The Balaban J connectivity index is 4.26. The Kier molecular flexibility index (Phi) is 66.1. The molecule has 6 heteroatoms. The van der Waals surface area contributed by atoms with Crippen LogP contribution in [0.5, 0.6) is 0 Å². The van der Waals surface area contributed by atoms with Gasteiger partial charge in [-0.25, -0.2) is 0 Å². The van der Waals surface area contributed by atoms with Gasteiger partial charge in [-0.3, -0.25) is 14.4 Å². The molecule has 0 spiro atoms. The summed E-state index contributed by atoms with van der Waals surface area (Å²) in [4.78, 5) is 38.4. The van der Waals surface area contributed by atoms with Crippen molar-refractivity contribution in [2.45, 2.75) is 380 Å². The number of rotatable bonds is 65. The third kappa shape index (κ3) is 65.9. The Labute approximate surface area is 498 Å². The van der Waals surface area contributed by atoms with E-state index in [1.54, 1.807) is 0 Å². The second kappa shape index (κ2) is 68.6. The SMILES string of the molecule is CCCC/C=C\C/C=C\CCCCCCCC(=O)OCC(COC(=O)CCCCCCCCCCCCCCCCC/C=C\C/C=C\CCCCCCC)OC(=O)CCCCCCCCCCC/C=C\CCCCCCCCCC. The van der Waals surface area contributed by atoms with E-state index in [0.717, 1.165) is 83.5 Å². The van der Waals surface area contributed by atoms with Crippen molar-refractivity contribution in [1.82, 2.24) is 0 Å². The van der Waals surface area contributed by atoms with Gasteiger partial charge in [-0.1, -0.05) is 313 Å². The summed E-state index contributed by atoms with van der Waals surface area (Å²) in [5.41, 5.74) is 0. The fraction of sp³-hybridized carbons (Fsp3) is 0.824. The standard InChI is InChI=1S/C74H134O6/c1-4-7-10-13-16-19-22-25-28-30-32-34-35-36-37-38-39-41-42-44-46-49-52-55-58-61-64-67-73(76)79-70-71(69-78-72(75)66-63-60-57-54-51-48-27-24-21-18-15-12-9-6-3)80-74(77)68-65-62-59-56-53-50-47-45-43-40-33-31-29-26-23-20-17-14-11-8-5-2/h15,18,22,24-25,27,30-33,71H,4-14,16-17,19-21,23,26,28-29,34-70H2,1-3H3/b18-15-,25-22-,27-24-,32-30-,33-31-. The van der Waals surface area contributed by atoms with Crippen LogP contribution >= 0.6 is 0 Å². The maximum absolute atomic E-state index is 12.9. The lowest BCUT2D eigenvalue weighted by molar-refractivity contribution is -0.167. The molecule has 1 unspecified atom stereocenters. The van der Waals surface area contributed by atoms with E-state index < -0.39 is 6.10 Å². The maximum Gasteiger partial charge on any atom is 0.306 e. The molecule has 0 bridgehead atoms. The van der Waals surface area contributed by atoms with E-state index in [1.165, 1.54) is 250 Å². The summed E-state index contributed by atoms with van der Waals surface area (Å²) in [7, 11) is 0. The Hall–Kier alpha value is -2.89.